The predicted molar refractivity (Wildman–Crippen MR) is 68.6 cm³/mol. The van der Waals surface area contributed by atoms with Crippen molar-refractivity contribution in [1.29, 1.82) is 0 Å². The highest BCUT2D eigenvalue weighted by Crippen LogP contribution is 2.19. The van der Waals surface area contributed by atoms with E-state index in [1.807, 2.05) is 6.92 Å². The molecule has 0 radical (unpaired) electrons. The van der Waals surface area contributed by atoms with Gasteiger partial charge in [0.25, 0.3) is 0 Å². The lowest BCUT2D eigenvalue weighted by Gasteiger charge is -2.18. The molecule has 2 N–H and O–H groups in total. The lowest BCUT2D eigenvalue weighted by Crippen LogP contribution is -2.23. The molecular weight excluding hydrogens is 198 g/mol. The first kappa shape index (κ1) is 13.2. The van der Waals surface area contributed by atoms with Crippen LogP contribution in [0.2, 0.25) is 0 Å². The van der Waals surface area contributed by atoms with Gasteiger partial charge in [0.05, 0.1) is 6.10 Å². The summed E-state index contributed by atoms with van der Waals surface area (Å²) >= 11 is 0. The van der Waals surface area contributed by atoms with Crippen LogP contribution in [0, 0.1) is 13.8 Å². The van der Waals surface area contributed by atoms with Gasteiger partial charge in [0, 0.05) is 6.04 Å². The molecule has 1 aromatic rings. The van der Waals surface area contributed by atoms with E-state index in [0.717, 1.165) is 13.0 Å². The van der Waals surface area contributed by atoms with E-state index in [4.69, 9.17) is 0 Å². The van der Waals surface area contributed by atoms with Gasteiger partial charge in [-0.05, 0) is 57.4 Å². The van der Waals surface area contributed by atoms with Crippen molar-refractivity contribution in [3.63, 3.8) is 0 Å². The smallest absolute Gasteiger partial charge is 0.0524 e. The number of rotatable bonds is 5. The SMILES string of the molecule is Cc1cccc([C@H](C)NCC[C@H](C)O)c1C. The zero-order valence-corrected chi connectivity index (χ0v) is 10.7. The van der Waals surface area contributed by atoms with Crippen LogP contribution in [0.5, 0.6) is 0 Å². The van der Waals surface area contributed by atoms with Crippen LogP contribution < -0.4 is 5.32 Å². The molecule has 1 aromatic carbocycles. The van der Waals surface area contributed by atoms with Gasteiger partial charge in [-0.1, -0.05) is 18.2 Å². The van der Waals surface area contributed by atoms with E-state index in [-0.39, 0.29) is 6.10 Å². The fourth-order valence-electron chi connectivity index (χ4n) is 1.86. The summed E-state index contributed by atoms with van der Waals surface area (Å²) in [5.74, 6) is 0. The van der Waals surface area contributed by atoms with Crippen LogP contribution in [-0.4, -0.2) is 17.8 Å². The summed E-state index contributed by atoms with van der Waals surface area (Å²) in [7, 11) is 0. The third kappa shape index (κ3) is 3.62. The van der Waals surface area contributed by atoms with Gasteiger partial charge in [-0.25, -0.2) is 0 Å². The summed E-state index contributed by atoms with van der Waals surface area (Å²) in [6.45, 7) is 9.15. The molecule has 16 heavy (non-hydrogen) atoms. The molecule has 2 atom stereocenters. The van der Waals surface area contributed by atoms with Gasteiger partial charge < -0.3 is 10.4 Å². The van der Waals surface area contributed by atoms with Gasteiger partial charge in [0.15, 0.2) is 0 Å². The van der Waals surface area contributed by atoms with Crippen LogP contribution in [0.4, 0.5) is 0 Å². The molecule has 0 saturated carbocycles. The maximum absolute atomic E-state index is 9.19. The van der Waals surface area contributed by atoms with Crippen molar-refractivity contribution in [3.8, 4) is 0 Å². The largest absolute Gasteiger partial charge is 0.393 e. The predicted octanol–water partition coefficient (Wildman–Crippen LogP) is 2.72. The lowest BCUT2D eigenvalue weighted by atomic mass is 9.98. The third-order valence-corrected chi connectivity index (χ3v) is 3.13. The van der Waals surface area contributed by atoms with Crippen LogP contribution in [0.15, 0.2) is 18.2 Å². The molecule has 0 spiro atoms. The molecule has 0 unspecified atom stereocenters. The van der Waals surface area contributed by atoms with Crippen molar-refractivity contribution in [2.45, 2.75) is 46.3 Å². The number of aliphatic hydroxyl groups excluding tert-OH is 1. The van der Waals surface area contributed by atoms with Gasteiger partial charge in [0.2, 0.25) is 0 Å². The molecule has 0 fully saturated rings. The first-order chi connectivity index (χ1) is 7.52. The Morgan fingerprint density at radius 1 is 1.25 bits per heavy atom. The van der Waals surface area contributed by atoms with Gasteiger partial charge >= 0.3 is 0 Å². The molecule has 0 aliphatic carbocycles. The molecule has 0 aliphatic heterocycles. The standard InChI is InChI=1S/C14H23NO/c1-10-6-5-7-14(12(10)3)13(4)15-9-8-11(2)16/h5-7,11,13,15-16H,8-9H2,1-4H3/t11-,13-/m0/s1. The van der Waals surface area contributed by atoms with Crippen LogP contribution in [-0.2, 0) is 0 Å². The van der Waals surface area contributed by atoms with Gasteiger partial charge in [-0.3, -0.25) is 0 Å². The van der Waals surface area contributed by atoms with Crippen molar-refractivity contribution in [2.75, 3.05) is 6.54 Å². The Morgan fingerprint density at radius 2 is 1.94 bits per heavy atom. The minimum Gasteiger partial charge on any atom is -0.393 e. The molecule has 0 heterocycles. The highest BCUT2D eigenvalue weighted by Gasteiger charge is 2.08. The number of aryl methyl sites for hydroxylation is 1. The van der Waals surface area contributed by atoms with E-state index in [2.05, 4.69) is 44.3 Å². The summed E-state index contributed by atoms with van der Waals surface area (Å²) in [6, 6.07) is 6.76. The number of aliphatic hydroxyl groups is 1. The first-order valence-corrected chi connectivity index (χ1v) is 6.00. The summed E-state index contributed by atoms with van der Waals surface area (Å²) < 4.78 is 0. The maximum Gasteiger partial charge on any atom is 0.0524 e. The average molecular weight is 221 g/mol. The summed E-state index contributed by atoms with van der Waals surface area (Å²) in [6.07, 6.45) is 0.577. The molecule has 0 aliphatic rings. The fraction of sp³-hybridized carbons (Fsp3) is 0.571. The lowest BCUT2D eigenvalue weighted by molar-refractivity contribution is 0.182. The van der Waals surface area contributed by atoms with Crippen molar-refractivity contribution in [1.82, 2.24) is 5.32 Å². The zero-order chi connectivity index (χ0) is 12.1. The number of benzene rings is 1. The Labute approximate surface area is 98.7 Å². The second-order valence-electron chi connectivity index (χ2n) is 4.60. The highest BCUT2D eigenvalue weighted by atomic mass is 16.3. The molecule has 0 saturated heterocycles. The van der Waals surface area contributed by atoms with Crippen LogP contribution in [0.1, 0.15) is 43.0 Å². The van der Waals surface area contributed by atoms with Crippen LogP contribution in [0.25, 0.3) is 0 Å². The van der Waals surface area contributed by atoms with E-state index >= 15 is 0 Å². The van der Waals surface area contributed by atoms with Gasteiger partial charge in [-0.2, -0.15) is 0 Å². The Morgan fingerprint density at radius 3 is 2.56 bits per heavy atom. The van der Waals surface area contributed by atoms with Crippen molar-refractivity contribution < 1.29 is 5.11 Å². The Kier molecular flexibility index (Phi) is 4.97. The summed E-state index contributed by atoms with van der Waals surface area (Å²) in [5.41, 5.74) is 4.05. The molecule has 0 amide bonds. The molecule has 2 nitrogen and oxygen atoms in total. The van der Waals surface area contributed by atoms with E-state index < -0.39 is 0 Å². The van der Waals surface area contributed by atoms with E-state index in [0.29, 0.717) is 6.04 Å². The fourth-order valence-corrected chi connectivity index (χ4v) is 1.86. The molecule has 1 rings (SSSR count). The summed E-state index contributed by atoms with van der Waals surface area (Å²) in [4.78, 5) is 0. The Bertz CT molecular complexity index is 334. The maximum atomic E-state index is 9.19. The highest BCUT2D eigenvalue weighted by molar-refractivity contribution is 5.34. The minimum atomic E-state index is -0.224. The summed E-state index contributed by atoms with van der Waals surface area (Å²) in [5, 5.41) is 12.6. The topological polar surface area (TPSA) is 32.3 Å². The van der Waals surface area contributed by atoms with Crippen LogP contribution >= 0.6 is 0 Å². The molecule has 0 bridgehead atoms. The van der Waals surface area contributed by atoms with Crippen molar-refractivity contribution in [3.05, 3.63) is 34.9 Å². The number of nitrogens with one attached hydrogen (secondary N) is 1. The Hall–Kier alpha value is -0.860. The second kappa shape index (κ2) is 6.02. The average Bonchev–Trinajstić information content (AvgIpc) is 2.21. The van der Waals surface area contributed by atoms with Crippen molar-refractivity contribution in [2.24, 2.45) is 0 Å². The third-order valence-electron chi connectivity index (χ3n) is 3.13. The van der Waals surface area contributed by atoms with Gasteiger partial charge in [0.1, 0.15) is 0 Å². The zero-order valence-electron chi connectivity index (χ0n) is 10.7. The van der Waals surface area contributed by atoms with Crippen LogP contribution in [0.3, 0.4) is 0 Å². The molecule has 0 aromatic heterocycles. The normalized spacial score (nSPS) is 14.8. The molecular formula is C14H23NO. The van der Waals surface area contributed by atoms with E-state index in [9.17, 15) is 5.11 Å². The minimum absolute atomic E-state index is 0.224. The van der Waals surface area contributed by atoms with Gasteiger partial charge in [-0.15, -0.1) is 0 Å². The quantitative estimate of drug-likeness (QED) is 0.801. The second-order valence-corrected chi connectivity index (χ2v) is 4.60. The number of hydrogen-bond acceptors (Lipinski definition) is 2. The molecule has 90 valence electrons. The van der Waals surface area contributed by atoms with Crippen molar-refractivity contribution >= 4 is 0 Å². The monoisotopic (exact) mass is 221 g/mol. The van der Waals surface area contributed by atoms with E-state index in [1.54, 1.807) is 0 Å². The Balaban J connectivity index is 2.59. The first-order valence-electron chi connectivity index (χ1n) is 6.00. The van der Waals surface area contributed by atoms with E-state index in [1.165, 1.54) is 16.7 Å². The molecule has 2 heteroatoms. The number of hydrogen-bond donors (Lipinski definition) is 2.